The van der Waals surface area contributed by atoms with Gasteiger partial charge in [0.2, 0.25) is 0 Å². The van der Waals surface area contributed by atoms with E-state index < -0.39 is 0 Å². The first-order valence-electron chi connectivity index (χ1n) is 5.20. The molecule has 0 radical (unpaired) electrons. The average molecular weight is 322 g/mol. The van der Waals surface area contributed by atoms with Crippen molar-refractivity contribution in [2.45, 2.75) is 6.92 Å². The Balaban J connectivity index is 0. The summed E-state index contributed by atoms with van der Waals surface area (Å²) in [5.41, 5.74) is 5.98. The highest BCUT2D eigenvalue weighted by Crippen LogP contribution is 2.21. The number of carbonyl (C=O) groups excluding carboxylic acids is 1. The molecule has 0 amide bonds. The number of aliphatic imine (C=N–C) groups is 1. The minimum atomic E-state index is 0.373. The largest absolute Gasteiger partial charge is 0.376 e. The Morgan fingerprint density at radius 3 is 2.37 bits per heavy atom. The molecule has 106 valence electrons. The van der Waals surface area contributed by atoms with Crippen LogP contribution >= 0.6 is 35.4 Å². The molecule has 0 aromatic heterocycles. The van der Waals surface area contributed by atoms with Crippen LogP contribution in [0.1, 0.15) is 12.5 Å². The number of rotatable bonds is 2. The predicted molar refractivity (Wildman–Crippen MR) is 87.6 cm³/mol. The molecule has 1 aromatic carbocycles. The molecule has 7 heteroatoms. The number of nitrogens with zero attached hydrogens (tertiary/aromatic N) is 1. The van der Waals surface area contributed by atoms with Gasteiger partial charge < -0.3 is 15.8 Å². The van der Waals surface area contributed by atoms with Crippen molar-refractivity contribution in [2.75, 3.05) is 13.6 Å². The van der Waals surface area contributed by atoms with E-state index in [2.05, 4.69) is 22.5 Å². The quantitative estimate of drug-likeness (QED) is 0.649. The van der Waals surface area contributed by atoms with E-state index in [0.717, 1.165) is 12.1 Å². The van der Waals surface area contributed by atoms with Crippen LogP contribution in [0.4, 0.5) is 0 Å². The van der Waals surface area contributed by atoms with E-state index in [1.807, 2.05) is 19.8 Å². The molecule has 3 N–H and O–H groups in total. The second-order valence-corrected chi connectivity index (χ2v) is 4.21. The van der Waals surface area contributed by atoms with E-state index in [1.165, 1.54) is 0 Å². The highest BCUT2D eigenvalue weighted by Gasteiger charge is 1.95. The summed E-state index contributed by atoms with van der Waals surface area (Å²) < 4.78 is 0. The zero-order chi connectivity index (χ0) is 15.3. The van der Waals surface area contributed by atoms with E-state index in [0.29, 0.717) is 15.2 Å². The van der Waals surface area contributed by atoms with Crippen LogP contribution in [0.5, 0.6) is 0 Å². The molecule has 19 heavy (non-hydrogen) atoms. The van der Waals surface area contributed by atoms with Crippen LogP contribution in [-0.2, 0) is 4.79 Å². The SMILES string of the molecule is C=O.CCNC(N)=S.CN=Cc1ccc(Cl)c(Cl)c1. The lowest BCUT2D eigenvalue weighted by molar-refractivity contribution is -0.0979. The van der Waals surface area contributed by atoms with Gasteiger partial charge in [0.25, 0.3) is 0 Å². The number of nitrogens with one attached hydrogen (secondary N) is 1. The van der Waals surface area contributed by atoms with Crippen LogP contribution in [0.25, 0.3) is 0 Å². The van der Waals surface area contributed by atoms with E-state index in [1.54, 1.807) is 25.4 Å². The molecule has 0 bridgehead atoms. The van der Waals surface area contributed by atoms with Gasteiger partial charge in [0.1, 0.15) is 6.79 Å². The first-order valence-corrected chi connectivity index (χ1v) is 6.37. The molecule has 0 saturated carbocycles. The van der Waals surface area contributed by atoms with Gasteiger partial charge in [-0.2, -0.15) is 0 Å². The fraction of sp³-hybridized carbons (Fsp3) is 0.250. The fourth-order valence-corrected chi connectivity index (χ4v) is 1.37. The van der Waals surface area contributed by atoms with Gasteiger partial charge in [-0.15, -0.1) is 0 Å². The van der Waals surface area contributed by atoms with Gasteiger partial charge >= 0.3 is 0 Å². The molecule has 0 atom stereocenters. The number of halogens is 2. The third-order valence-corrected chi connectivity index (χ3v) is 2.46. The molecular weight excluding hydrogens is 305 g/mol. The molecule has 0 heterocycles. The molecule has 1 rings (SSSR count). The van der Waals surface area contributed by atoms with Crippen molar-refractivity contribution >= 4 is 53.5 Å². The van der Waals surface area contributed by atoms with Crippen molar-refractivity contribution in [3.8, 4) is 0 Å². The van der Waals surface area contributed by atoms with Crippen LogP contribution < -0.4 is 11.1 Å². The van der Waals surface area contributed by atoms with E-state index >= 15 is 0 Å². The maximum atomic E-state index is 8.00. The number of carbonyl (C=O) groups is 1. The number of nitrogens with two attached hydrogens (primary N) is 1. The lowest BCUT2D eigenvalue weighted by atomic mass is 10.2. The maximum absolute atomic E-state index is 8.00. The van der Waals surface area contributed by atoms with Crippen LogP contribution in [0.3, 0.4) is 0 Å². The minimum Gasteiger partial charge on any atom is -0.376 e. The summed E-state index contributed by atoms with van der Waals surface area (Å²) in [6.45, 7) is 4.76. The van der Waals surface area contributed by atoms with Crippen LogP contribution in [-0.4, -0.2) is 31.7 Å². The van der Waals surface area contributed by atoms with Gasteiger partial charge in [0.15, 0.2) is 5.11 Å². The van der Waals surface area contributed by atoms with E-state index in [4.69, 9.17) is 33.7 Å². The van der Waals surface area contributed by atoms with Gasteiger partial charge in [-0.05, 0) is 36.8 Å². The second kappa shape index (κ2) is 13.3. The third kappa shape index (κ3) is 11.6. The Bertz CT molecular complexity index is 414. The number of hydrogen-bond acceptors (Lipinski definition) is 3. The van der Waals surface area contributed by atoms with Crippen molar-refractivity contribution in [1.82, 2.24) is 5.32 Å². The van der Waals surface area contributed by atoms with Crippen LogP contribution in [0, 0.1) is 0 Å². The molecule has 0 aliphatic rings. The van der Waals surface area contributed by atoms with E-state index in [9.17, 15) is 0 Å². The summed E-state index contributed by atoms with van der Waals surface area (Å²) in [4.78, 5) is 11.8. The molecule has 0 unspecified atom stereocenters. The minimum absolute atomic E-state index is 0.373. The molecule has 0 saturated heterocycles. The highest BCUT2D eigenvalue weighted by molar-refractivity contribution is 7.80. The molecular formula is C12H17Cl2N3OS. The summed E-state index contributed by atoms with van der Waals surface area (Å²) >= 11 is 15.9. The Kier molecular flexibility index (Phi) is 14.1. The summed E-state index contributed by atoms with van der Waals surface area (Å²) in [5.74, 6) is 0. The lowest BCUT2D eigenvalue weighted by Crippen LogP contribution is -2.28. The van der Waals surface area contributed by atoms with Gasteiger partial charge in [-0.25, -0.2) is 0 Å². The zero-order valence-electron chi connectivity index (χ0n) is 10.8. The monoisotopic (exact) mass is 321 g/mol. The molecule has 0 aliphatic heterocycles. The molecule has 1 aromatic rings. The van der Waals surface area contributed by atoms with Gasteiger partial charge in [0, 0.05) is 19.8 Å². The summed E-state index contributed by atoms with van der Waals surface area (Å²) in [7, 11) is 1.71. The van der Waals surface area contributed by atoms with Crippen molar-refractivity contribution < 1.29 is 4.79 Å². The maximum Gasteiger partial charge on any atom is 0.163 e. The topological polar surface area (TPSA) is 67.5 Å². The highest BCUT2D eigenvalue weighted by atomic mass is 35.5. The first kappa shape index (κ1) is 20.2. The predicted octanol–water partition coefficient (Wildman–Crippen LogP) is 2.70. The van der Waals surface area contributed by atoms with Crippen molar-refractivity contribution in [1.29, 1.82) is 0 Å². The number of benzene rings is 1. The third-order valence-electron chi connectivity index (χ3n) is 1.57. The van der Waals surface area contributed by atoms with Gasteiger partial charge in [0.05, 0.1) is 10.0 Å². The Labute approximate surface area is 129 Å². The van der Waals surface area contributed by atoms with Crippen LogP contribution in [0.15, 0.2) is 23.2 Å². The Morgan fingerprint density at radius 2 is 2.05 bits per heavy atom. The van der Waals surface area contributed by atoms with E-state index in [-0.39, 0.29) is 0 Å². The average Bonchev–Trinajstić information content (AvgIpc) is 2.37. The standard InChI is InChI=1S/C8H7Cl2N.C3H8N2S.CH2O/c1-11-5-6-2-3-7(9)8(10)4-6;1-2-5-3(4)6;1-2/h2-5H,1H3;2H2,1H3,(H3,4,5,6);1H2. The van der Waals surface area contributed by atoms with Gasteiger partial charge in [-0.3, -0.25) is 4.99 Å². The molecule has 0 spiro atoms. The second-order valence-electron chi connectivity index (χ2n) is 2.96. The van der Waals surface area contributed by atoms with Gasteiger partial charge in [-0.1, -0.05) is 29.3 Å². The lowest BCUT2D eigenvalue weighted by Gasteiger charge is -1.95. The molecule has 0 fully saturated rings. The summed E-state index contributed by atoms with van der Waals surface area (Å²) in [5, 5.41) is 4.22. The zero-order valence-corrected chi connectivity index (χ0v) is 13.1. The first-order chi connectivity index (χ1) is 9.01. The Hall–Kier alpha value is -1.17. The number of hydrogen-bond donors (Lipinski definition) is 2. The van der Waals surface area contributed by atoms with Crippen molar-refractivity contribution in [2.24, 2.45) is 10.7 Å². The van der Waals surface area contributed by atoms with Crippen LogP contribution in [0.2, 0.25) is 10.0 Å². The molecule has 0 aliphatic carbocycles. The normalized spacial score (nSPS) is 8.84. The summed E-state index contributed by atoms with van der Waals surface area (Å²) in [6, 6.07) is 5.39. The fourth-order valence-electron chi connectivity index (χ4n) is 0.916. The van der Waals surface area contributed by atoms with Crippen molar-refractivity contribution in [3.05, 3.63) is 33.8 Å². The smallest absolute Gasteiger partial charge is 0.163 e. The Morgan fingerprint density at radius 1 is 1.47 bits per heavy atom. The summed E-state index contributed by atoms with van der Waals surface area (Å²) in [6.07, 6.45) is 1.72. The van der Waals surface area contributed by atoms with Crippen molar-refractivity contribution in [3.63, 3.8) is 0 Å². The number of thiocarbonyl (C=S) groups is 1. The molecule has 4 nitrogen and oxygen atoms in total.